The highest BCUT2D eigenvalue weighted by Crippen LogP contribution is 2.27. The first-order valence-corrected chi connectivity index (χ1v) is 7.35. The predicted octanol–water partition coefficient (Wildman–Crippen LogP) is 2.04. The first kappa shape index (κ1) is 16.8. The summed E-state index contributed by atoms with van der Waals surface area (Å²) in [6, 6.07) is 14.3. The van der Waals surface area contributed by atoms with E-state index in [1.807, 2.05) is 30.3 Å². The third-order valence-corrected chi connectivity index (χ3v) is 3.53. The molecular weight excluding hydrogens is 294 g/mol. The summed E-state index contributed by atoms with van der Waals surface area (Å²) in [5.74, 6) is 0.789. The number of carbonyl (C=O) groups is 1. The molecule has 0 aromatic heterocycles. The zero-order valence-corrected chi connectivity index (χ0v) is 13.3. The first-order valence-electron chi connectivity index (χ1n) is 7.35. The lowest BCUT2D eigenvalue weighted by Crippen LogP contribution is -2.39. The van der Waals surface area contributed by atoms with E-state index in [0.29, 0.717) is 23.5 Å². The van der Waals surface area contributed by atoms with Gasteiger partial charge in [0.15, 0.2) is 11.5 Å². The van der Waals surface area contributed by atoms with Gasteiger partial charge in [-0.05, 0) is 30.2 Å². The number of hydrogen-bond acceptors (Lipinski definition) is 4. The van der Waals surface area contributed by atoms with Crippen molar-refractivity contribution in [3.8, 4) is 11.5 Å². The summed E-state index contributed by atoms with van der Waals surface area (Å²) in [7, 11) is 3.06. The number of hydrogen-bond donors (Lipinski definition) is 2. The van der Waals surface area contributed by atoms with Crippen LogP contribution in [0.3, 0.4) is 0 Å². The van der Waals surface area contributed by atoms with Gasteiger partial charge in [-0.15, -0.1) is 0 Å². The van der Waals surface area contributed by atoms with E-state index in [1.54, 1.807) is 25.3 Å². The fourth-order valence-electron chi connectivity index (χ4n) is 2.31. The van der Waals surface area contributed by atoms with Gasteiger partial charge in [0.25, 0.3) is 5.91 Å². The molecule has 0 heterocycles. The van der Waals surface area contributed by atoms with Gasteiger partial charge in [-0.25, -0.2) is 0 Å². The Hall–Kier alpha value is -2.53. The summed E-state index contributed by atoms with van der Waals surface area (Å²) in [5, 5.41) is 12.3. The minimum Gasteiger partial charge on any atom is -0.493 e. The van der Waals surface area contributed by atoms with Gasteiger partial charge in [0.2, 0.25) is 0 Å². The average molecular weight is 315 g/mol. The fourth-order valence-corrected chi connectivity index (χ4v) is 2.31. The molecule has 2 aromatic carbocycles. The average Bonchev–Trinajstić information content (AvgIpc) is 2.61. The van der Waals surface area contributed by atoms with Crippen LogP contribution in [0, 0.1) is 0 Å². The van der Waals surface area contributed by atoms with Gasteiger partial charge in [0.05, 0.1) is 26.9 Å². The van der Waals surface area contributed by atoms with E-state index in [4.69, 9.17) is 9.47 Å². The number of methoxy groups -OCH3 is 2. The molecule has 0 aliphatic rings. The Morgan fingerprint density at radius 3 is 2.39 bits per heavy atom. The maximum atomic E-state index is 12.4. The Morgan fingerprint density at radius 1 is 1.09 bits per heavy atom. The number of rotatable bonds is 7. The van der Waals surface area contributed by atoms with Crippen LogP contribution in [-0.4, -0.2) is 37.9 Å². The minimum absolute atomic E-state index is 0.131. The molecule has 5 heteroatoms. The van der Waals surface area contributed by atoms with Crippen molar-refractivity contribution in [2.75, 3.05) is 20.8 Å². The topological polar surface area (TPSA) is 67.8 Å². The Kier molecular flexibility index (Phi) is 6.00. The third-order valence-electron chi connectivity index (χ3n) is 3.53. The molecule has 2 aromatic rings. The van der Waals surface area contributed by atoms with E-state index in [9.17, 15) is 9.90 Å². The molecule has 122 valence electrons. The summed E-state index contributed by atoms with van der Waals surface area (Å²) < 4.78 is 10.4. The van der Waals surface area contributed by atoms with E-state index in [1.165, 1.54) is 7.11 Å². The van der Waals surface area contributed by atoms with Crippen LogP contribution in [0.4, 0.5) is 0 Å². The summed E-state index contributed by atoms with van der Waals surface area (Å²) in [4.78, 5) is 12.4. The van der Waals surface area contributed by atoms with E-state index >= 15 is 0 Å². The quantitative estimate of drug-likeness (QED) is 0.820. The number of ether oxygens (including phenoxy) is 2. The van der Waals surface area contributed by atoms with E-state index in [-0.39, 0.29) is 18.6 Å². The van der Waals surface area contributed by atoms with Crippen molar-refractivity contribution in [2.45, 2.75) is 12.5 Å². The van der Waals surface area contributed by atoms with Gasteiger partial charge in [0.1, 0.15) is 0 Å². The van der Waals surface area contributed by atoms with Crippen LogP contribution >= 0.6 is 0 Å². The van der Waals surface area contributed by atoms with Crippen molar-refractivity contribution >= 4 is 5.91 Å². The zero-order chi connectivity index (χ0) is 16.7. The highest BCUT2D eigenvalue weighted by atomic mass is 16.5. The largest absolute Gasteiger partial charge is 0.493 e. The van der Waals surface area contributed by atoms with E-state index < -0.39 is 0 Å². The molecule has 0 radical (unpaired) electrons. The molecule has 0 spiro atoms. The van der Waals surface area contributed by atoms with Crippen molar-refractivity contribution in [3.05, 3.63) is 59.7 Å². The molecular formula is C18H21NO4. The lowest BCUT2D eigenvalue weighted by Gasteiger charge is -2.17. The number of benzene rings is 2. The molecule has 0 bridgehead atoms. The summed E-state index contributed by atoms with van der Waals surface area (Å²) >= 11 is 0. The molecule has 1 atom stereocenters. The van der Waals surface area contributed by atoms with Crippen LogP contribution in [0.25, 0.3) is 0 Å². The fraction of sp³-hybridized carbons (Fsp3) is 0.278. The highest BCUT2D eigenvalue weighted by molar-refractivity contribution is 5.95. The number of amides is 1. The second-order valence-electron chi connectivity index (χ2n) is 5.11. The predicted molar refractivity (Wildman–Crippen MR) is 88.0 cm³/mol. The minimum atomic E-state index is -0.349. The maximum Gasteiger partial charge on any atom is 0.251 e. The molecule has 1 unspecified atom stereocenters. The second-order valence-corrected chi connectivity index (χ2v) is 5.11. The summed E-state index contributed by atoms with van der Waals surface area (Å²) in [5.41, 5.74) is 1.51. The van der Waals surface area contributed by atoms with Crippen LogP contribution in [0.15, 0.2) is 48.5 Å². The van der Waals surface area contributed by atoms with Crippen LogP contribution in [-0.2, 0) is 6.42 Å². The monoisotopic (exact) mass is 315 g/mol. The molecule has 0 saturated carbocycles. The van der Waals surface area contributed by atoms with Crippen LogP contribution < -0.4 is 14.8 Å². The van der Waals surface area contributed by atoms with Gasteiger partial charge >= 0.3 is 0 Å². The molecule has 0 aliphatic carbocycles. The van der Waals surface area contributed by atoms with Crippen LogP contribution in [0.2, 0.25) is 0 Å². The Balaban J connectivity index is 2.07. The standard InChI is InChI=1S/C18H21NO4/c1-22-16-9-8-14(11-17(16)23-2)18(21)19-15(12-20)10-13-6-4-3-5-7-13/h3-9,11,15,20H,10,12H2,1-2H3,(H,19,21). The molecule has 2 rings (SSSR count). The molecule has 2 N–H and O–H groups in total. The van der Waals surface area contributed by atoms with Gasteiger partial charge < -0.3 is 19.9 Å². The third kappa shape index (κ3) is 4.47. The van der Waals surface area contributed by atoms with Gasteiger partial charge in [-0.2, -0.15) is 0 Å². The van der Waals surface area contributed by atoms with Crippen molar-refractivity contribution in [2.24, 2.45) is 0 Å². The Morgan fingerprint density at radius 2 is 1.78 bits per heavy atom. The first-order chi connectivity index (χ1) is 11.2. The van der Waals surface area contributed by atoms with Crippen molar-refractivity contribution in [1.82, 2.24) is 5.32 Å². The van der Waals surface area contributed by atoms with Crippen molar-refractivity contribution in [3.63, 3.8) is 0 Å². The number of nitrogens with one attached hydrogen (secondary N) is 1. The highest BCUT2D eigenvalue weighted by Gasteiger charge is 2.15. The molecule has 5 nitrogen and oxygen atoms in total. The van der Waals surface area contributed by atoms with Crippen LogP contribution in [0.1, 0.15) is 15.9 Å². The molecule has 23 heavy (non-hydrogen) atoms. The van der Waals surface area contributed by atoms with Crippen molar-refractivity contribution < 1.29 is 19.4 Å². The molecule has 0 fully saturated rings. The number of aliphatic hydroxyl groups excluding tert-OH is 1. The van der Waals surface area contributed by atoms with Gasteiger partial charge in [-0.1, -0.05) is 30.3 Å². The normalized spacial score (nSPS) is 11.6. The molecule has 0 aliphatic heterocycles. The molecule has 0 saturated heterocycles. The summed E-state index contributed by atoms with van der Waals surface area (Å²) in [6.45, 7) is -0.131. The van der Waals surface area contributed by atoms with E-state index in [2.05, 4.69) is 5.32 Å². The SMILES string of the molecule is COc1ccc(C(=O)NC(CO)Cc2ccccc2)cc1OC. The number of aliphatic hydroxyl groups is 1. The second kappa shape index (κ2) is 8.19. The lowest BCUT2D eigenvalue weighted by atomic mass is 10.1. The van der Waals surface area contributed by atoms with Crippen LogP contribution in [0.5, 0.6) is 11.5 Å². The smallest absolute Gasteiger partial charge is 0.251 e. The molecule has 1 amide bonds. The van der Waals surface area contributed by atoms with E-state index in [0.717, 1.165) is 5.56 Å². The lowest BCUT2D eigenvalue weighted by molar-refractivity contribution is 0.0916. The van der Waals surface area contributed by atoms with Gasteiger partial charge in [-0.3, -0.25) is 4.79 Å². The maximum absolute atomic E-state index is 12.4. The summed E-state index contributed by atoms with van der Waals surface area (Å²) in [6.07, 6.45) is 0.566. The number of carbonyl (C=O) groups excluding carboxylic acids is 1. The Bertz CT molecular complexity index is 643. The Labute approximate surface area is 135 Å². The zero-order valence-electron chi connectivity index (χ0n) is 13.3. The van der Waals surface area contributed by atoms with Crippen molar-refractivity contribution in [1.29, 1.82) is 0 Å². The van der Waals surface area contributed by atoms with Gasteiger partial charge in [0, 0.05) is 5.56 Å².